The van der Waals surface area contributed by atoms with E-state index < -0.39 is 11.7 Å². The van der Waals surface area contributed by atoms with Crippen LogP contribution in [0.5, 0.6) is 0 Å². The number of hydrogen-bond acceptors (Lipinski definition) is 1. The average molecular weight is 299 g/mol. The fourth-order valence-corrected chi connectivity index (χ4v) is 3.21. The van der Waals surface area contributed by atoms with Gasteiger partial charge in [0.15, 0.2) is 0 Å². The molecule has 0 aliphatic heterocycles. The molecule has 118 valence electrons. The van der Waals surface area contributed by atoms with Crippen LogP contribution in [0.25, 0.3) is 0 Å². The normalized spacial score (nSPS) is 18.4. The summed E-state index contributed by atoms with van der Waals surface area (Å²) in [7, 11) is 0. The third kappa shape index (κ3) is 4.47. The summed E-state index contributed by atoms with van der Waals surface area (Å²) in [5.74, 6) is 0. The van der Waals surface area contributed by atoms with Crippen LogP contribution in [0.2, 0.25) is 0 Å². The number of halogens is 3. The van der Waals surface area contributed by atoms with Gasteiger partial charge in [-0.15, -0.1) is 0 Å². The van der Waals surface area contributed by atoms with Crippen molar-refractivity contribution in [2.75, 3.05) is 6.54 Å². The maximum absolute atomic E-state index is 12.6. The van der Waals surface area contributed by atoms with E-state index in [1.165, 1.54) is 25.0 Å². The van der Waals surface area contributed by atoms with E-state index in [1.807, 2.05) is 0 Å². The van der Waals surface area contributed by atoms with Gasteiger partial charge in [-0.05, 0) is 42.4 Å². The van der Waals surface area contributed by atoms with Crippen LogP contribution in [-0.2, 0) is 12.6 Å². The summed E-state index contributed by atoms with van der Waals surface area (Å²) in [5.41, 5.74) is 0.659. The van der Waals surface area contributed by atoms with Crippen LogP contribution in [0.3, 0.4) is 0 Å². The van der Waals surface area contributed by atoms with E-state index in [2.05, 4.69) is 19.2 Å². The summed E-state index contributed by atoms with van der Waals surface area (Å²) >= 11 is 0. The SMILES string of the molecule is CC(C)NCC1(Cc2ccc(C(F)(F)F)cc2)CCCC1. The van der Waals surface area contributed by atoms with Crippen LogP contribution in [-0.4, -0.2) is 12.6 Å². The fourth-order valence-electron chi connectivity index (χ4n) is 3.21. The minimum absolute atomic E-state index is 0.212. The second-order valence-electron chi connectivity index (χ2n) is 6.61. The minimum atomic E-state index is -4.25. The first kappa shape index (κ1) is 16.3. The zero-order chi connectivity index (χ0) is 15.5. The molecule has 1 fully saturated rings. The van der Waals surface area contributed by atoms with E-state index in [0.717, 1.165) is 31.4 Å². The van der Waals surface area contributed by atoms with Crippen molar-refractivity contribution < 1.29 is 13.2 Å². The number of nitrogens with one attached hydrogen (secondary N) is 1. The summed E-state index contributed by atoms with van der Waals surface area (Å²) in [6.07, 6.45) is 1.38. The summed E-state index contributed by atoms with van der Waals surface area (Å²) in [4.78, 5) is 0. The molecule has 1 aromatic carbocycles. The van der Waals surface area contributed by atoms with Crippen molar-refractivity contribution in [3.63, 3.8) is 0 Å². The topological polar surface area (TPSA) is 12.0 Å². The molecule has 1 nitrogen and oxygen atoms in total. The Balaban J connectivity index is 2.07. The zero-order valence-electron chi connectivity index (χ0n) is 12.8. The predicted octanol–water partition coefficient (Wildman–Crippen LogP) is 4.81. The van der Waals surface area contributed by atoms with Crippen LogP contribution in [0.15, 0.2) is 24.3 Å². The molecule has 1 N–H and O–H groups in total. The van der Waals surface area contributed by atoms with Gasteiger partial charge in [0.05, 0.1) is 5.56 Å². The lowest BCUT2D eigenvalue weighted by Gasteiger charge is -2.30. The second-order valence-corrected chi connectivity index (χ2v) is 6.61. The molecule has 0 saturated heterocycles. The lowest BCUT2D eigenvalue weighted by atomic mass is 9.79. The van der Waals surface area contributed by atoms with Crippen molar-refractivity contribution in [1.29, 1.82) is 0 Å². The van der Waals surface area contributed by atoms with Crippen LogP contribution in [0.1, 0.15) is 50.7 Å². The molecule has 21 heavy (non-hydrogen) atoms. The van der Waals surface area contributed by atoms with Crippen molar-refractivity contribution in [3.8, 4) is 0 Å². The molecule has 0 unspecified atom stereocenters. The molecular weight excluding hydrogens is 275 g/mol. The Bertz CT molecular complexity index is 442. The standard InChI is InChI=1S/C17H24F3N/c1-13(2)21-12-16(9-3-4-10-16)11-14-5-7-15(8-6-14)17(18,19)20/h5-8,13,21H,3-4,9-12H2,1-2H3. The van der Waals surface area contributed by atoms with Gasteiger partial charge in [0.25, 0.3) is 0 Å². The Morgan fingerprint density at radius 2 is 1.67 bits per heavy atom. The summed E-state index contributed by atoms with van der Waals surface area (Å²) in [6.45, 7) is 5.20. The van der Waals surface area contributed by atoms with E-state index >= 15 is 0 Å². The lowest BCUT2D eigenvalue weighted by Crippen LogP contribution is -2.37. The highest BCUT2D eigenvalue weighted by molar-refractivity contribution is 5.25. The first-order chi connectivity index (χ1) is 9.81. The molecule has 0 aromatic heterocycles. The first-order valence-corrected chi connectivity index (χ1v) is 7.70. The third-order valence-electron chi connectivity index (χ3n) is 4.41. The largest absolute Gasteiger partial charge is 0.416 e. The lowest BCUT2D eigenvalue weighted by molar-refractivity contribution is -0.137. The van der Waals surface area contributed by atoms with Crippen molar-refractivity contribution >= 4 is 0 Å². The summed E-state index contributed by atoms with van der Waals surface area (Å²) < 4.78 is 37.8. The molecule has 0 amide bonds. The molecule has 4 heteroatoms. The third-order valence-corrected chi connectivity index (χ3v) is 4.41. The highest BCUT2D eigenvalue weighted by Gasteiger charge is 2.34. The van der Waals surface area contributed by atoms with Gasteiger partial charge in [0.2, 0.25) is 0 Å². The van der Waals surface area contributed by atoms with E-state index in [1.54, 1.807) is 12.1 Å². The van der Waals surface area contributed by atoms with E-state index in [0.29, 0.717) is 6.04 Å². The van der Waals surface area contributed by atoms with Gasteiger partial charge in [-0.3, -0.25) is 0 Å². The quantitative estimate of drug-likeness (QED) is 0.823. The molecule has 0 spiro atoms. The molecule has 0 heterocycles. The molecule has 0 bridgehead atoms. The fraction of sp³-hybridized carbons (Fsp3) is 0.647. The van der Waals surface area contributed by atoms with Gasteiger partial charge < -0.3 is 5.32 Å². The van der Waals surface area contributed by atoms with Crippen LogP contribution in [0, 0.1) is 5.41 Å². The zero-order valence-corrected chi connectivity index (χ0v) is 12.8. The monoisotopic (exact) mass is 299 g/mol. The number of alkyl halides is 3. The molecule has 1 aliphatic carbocycles. The molecular formula is C17H24F3N. The smallest absolute Gasteiger partial charge is 0.314 e. The molecule has 1 aliphatic rings. The first-order valence-electron chi connectivity index (χ1n) is 7.70. The van der Waals surface area contributed by atoms with Gasteiger partial charge in [-0.2, -0.15) is 13.2 Å². The van der Waals surface area contributed by atoms with Crippen molar-refractivity contribution in [1.82, 2.24) is 5.32 Å². The number of benzene rings is 1. The van der Waals surface area contributed by atoms with Gasteiger partial charge in [0.1, 0.15) is 0 Å². The molecule has 2 rings (SSSR count). The van der Waals surface area contributed by atoms with Crippen molar-refractivity contribution in [2.24, 2.45) is 5.41 Å². The highest BCUT2D eigenvalue weighted by Crippen LogP contribution is 2.41. The van der Waals surface area contributed by atoms with Gasteiger partial charge in [-0.1, -0.05) is 38.8 Å². The maximum atomic E-state index is 12.6. The predicted molar refractivity (Wildman–Crippen MR) is 79.2 cm³/mol. The Kier molecular flexibility index (Phi) is 4.97. The average Bonchev–Trinajstić information content (AvgIpc) is 2.85. The Labute approximate surface area is 124 Å². The Morgan fingerprint density at radius 1 is 1.10 bits per heavy atom. The van der Waals surface area contributed by atoms with Gasteiger partial charge >= 0.3 is 6.18 Å². The van der Waals surface area contributed by atoms with Crippen molar-refractivity contribution in [2.45, 2.75) is 58.2 Å². The van der Waals surface area contributed by atoms with Crippen LogP contribution >= 0.6 is 0 Å². The van der Waals surface area contributed by atoms with E-state index in [4.69, 9.17) is 0 Å². The Morgan fingerprint density at radius 3 is 2.14 bits per heavy atom. The highest BCUT2D eigenvalue weighted by atomic mass is 19.4. The Hall–Kier alpha value is -1.03. The maximum Gasteiger partial charge on any atom is 0.416 e. The molecule has 1 saturated carbocycles. The van der Waals surface area contributed by atoms with E-state index in [9.17, 15) is 13.2 Å². The minimum Gasteiger partial charge on any atom is -0.314 e. The summed E-state index contributed by atoms with van der Waals surface area (Å²) in [6, 6.07) is 6.12. The van der Waals surface area contributed by atoms with Gasteiger partial charge in [-0.25, -0.2) is 0 Å². The molecule has 0 atom stereocenters. The van der Waals surface area contributed by atoms with E-state index in [-0.39, 0.29) is 5.41 Å². The van der Waals surface area contributed by atoms with Gasteiger partial charge in [0, 0.05) is 12.6 Å². The van der Waals surface area contributed by atoms with Crippen LogP contribution in [0.4, 0.5) is 13.2 Å². The van der Waals surface area contributed by atoms with Crippen molar-refractivity contribution in [3.05, 3.63) is 35.4 Å². The number of rotatable bonds is 5. The second kappa shape index (κ2) is 6.39. The van der Waals surface area contributed by atoms with Crippen LogP contribution < -0.4 is 5.32 Å². The summed E-state index contributed by atoms with van der Waals surface area (Å²) in [5, 5.41) is 3.50. The number of hydrogen-bond donors (Lipinski definition) is 1. The molecule has 0 radical (unpaired) electrons. The molecule has 1 aromatic rings.